The first-order valence-corrected chi connectivity index (χ1v) is 9.40. The number of anilines is 1. The Morgan fingerprint density at radius 3 is 2.61 bits per heavy atom. The van der Waals surface area contributed by atoms with Crippen LogP contribution in [0.2, 0.25) is 5.02 Å². The van der Waals surface area contributed by atoms with Gasteiger partial charge in [0.1, 0.15) is 6.61 Å². The SMILES string of the molecule is Cc1cccc(N(N)C(=O)N(C)N)c1COc1nc(-c2ccc(Cl)cc2)ns1. The van der Waals surface area contributed by atoms with E-state index in [0.717, 1.165) is 38.2 Å². The van der Waals surface area contributed by atoms with Gasteiger partial charge in [0, 0.05) is 34.7 Å². The maximum Gasteiger partial charge on any atom is 0.352 e. The van der Waals surface area contributed by atoms with Gasteiger partial charge in [-0.1, -0.05) is 23.7 Å². The summed E-state index contributed by atoms with van der Waals surface area (Å²) in [5.74, 6) is 12.0. The molecule has 1 heterocycles. The molecule has 0 aliphatic carbocycles. The molecule has 0 saturated heterocycles. The first kappa shape index (κ1) is 20.0. The lowest BCUT2D eigenvalue weighted by Crippen LogP contribution is -2.49. The van der Waals surface area contributed by atoms with Crippen molar-refractivity contribution in [1.82, 2.24) is 14.4 Å². The molecule has 2 aromatic carbocycles. The fraction of sp³-hybridized carbons (Fsp3) is 0.167. The van der Waals surface area contributed by atoms with Crippen molar-refractivity contribution in [3.63, 3.8) is 0 Å². The minimum atomic E-state index is -0.548. The summed E-state index contributed by atoms with van der Waals surface area (Å²) in [6.45, 7) is 2.08. The number of halogens is 1. The van der Waals surface area contributed by atoms with Gasteiger partial charge in [-0.3, -0.25) is 5.01 Å². The van der Waals surface area contributed by atoms with Crippen LogP contribution in [0.4, 0.5) is 10.5 Å². The quantitative estimate of drug-likeness (QED) is 0.373. The van der Waals surface area contributed by atoms with E-state index in [1.54, 1.807) is 24.3 Å². The molecular formula is C18H19ClN6O2S. The number of aryl methyl sites for hydroxylation is 1. The molecule has 28 heavy (non-hydrogen) atoms. The van der Waals surface area contributed by atoms with Gasteiger partial charge in [-0.2, -0.15) is 9.36 Å². The number of nitrogens with two attached hydrogens (primary N) is 2. The smallest absolute Gasteiger partial charge is 0.352 e. The molecule has 146 valence electrons. The summed E-state index contributed by atoms with van der Waals surface area (Å²) in [5, 5.41) is 2.96. The molecule has 1 aromatic heterocycles. The van der Waals surface area contributed by atoms with Crippen LogP contribution < -0.4 is 21.4 Å². The van der Waals surface area contributed by atoms with Gasteiger partial charge >= 0.3 is 6.03 Å². The highest BCUT2D eigenvalue weighted by Crippen LogP contribution is 2.27. The van der Waals surface area contributed by atoms with E-state index in [2.05, 4.69) is 9.36 Å². The number of hydrazine groups is 2. The largest absolute Gasteiger partial charge is 0.464 e. The molecule has 8 nitrogen and oxygen atoms in total. The van der Waals surface area contributed by atoms with Gasteiger partial charge in [0.15, 0.2) is 5.82 Å². The molecule has 0 saturated carbocycles. The van der Waals surface area contributed by atoms with E-state index in [9.17, 15) is 4.79 Å². The zero-order valence-corrected chi connectivity index (χ0v) is 16.9. The number of ether oxygens (including phenoxy) is 1. The molecule has 0 fully saturated rings. The molecule has 2 amide bonds. The first-order chi connectivity index (χ1) is 13.4. The molecule has 3 rings (SSSR count). The first-order valence-electron chi connectivity index (χ1n) is 8.25. The topological polar surface area (TPSA) is 111 Å². The summed E-state index contributed by atoms with van der Waals surface area (Å²) in [5.41, 5.74) is 3.02. The maximum atomic E-state index is 12.1. The summed E-state index contributed by atoms with van der Waals surface area (Å²) in [7, 11) is 1.42. The lowest BCUT2D eigenvalue weighted by molar-refractivity contribution is 0.216. The minimum Gasteiger partial charge on any atom is -0.464 e. The number of urea groups is 1. The van der Waals surface area contributed by atoms with Gasteiger partial charge in [-0.15, -0.1) is 0 Å². The number of carbonyl (C=O) groups excluding carboxylic acids is 1. The highest BCUT2D eigenvalue weighted by atomic mass is 35.5. The molecule has 10 heteroatoms. The number of nitrogens with zero attached hydrogens (tertiary/aromatic N) is 4. The van der Waals surface area contributed by atoms with E-state index in [1.807, 2.05) is 25.1 Å². The van der Waals surface area contributed by atoms with Crippen molar-refractivity contribution in [3.8, 4) is 16.6 Å². The van der Waals surface area contributed by atoms with Gasteiger partial charge < -0.3 is 4.74 Å². The Hall–Kier alpha value is -2.72. The molecule has 0 aliphatic rings. The van der Waals surface area contributed by atoms with E-state index in [-0.39, 0.29) is 6.61 Å². The highest BCUT2D eigenvalue weighted by molar-refractivity contribution is 7.07. The average Bonchev–Trinajstić information content (AvgIpc) is 3.15. The maximum absolute atomic E-state index is 12.1. The Morgan fingerprint density at radius 1 is 1.21 bits per heavy atom. The fourth-order valence-electron chi connectivity index (χ4n) is 2.49. The summed E-state index contributed by atoms with van der Waals surface area (Å²) >= 11 is 7.05. The van der Waals surface area contributed by atoms with E-state index in [1.165, 1.54) is 7.05 Å². The number of aromatic nitrogens is 2. The van der Waals surface area contributed by atoms with Gasteiger partial charge in [0.05, 0.1) is 5.69 Å². The van der Waals surface area contributed by atoms with E-state index < -0.39 is 6.03 Å². The molecule has 0 bridgehead atoms. The summed E-state index contributed by atoms with van der Waals surface area (Å²) in [4.78, 5) is 16.5. The third kappa shape index (κ3) is 4.39. The van der Waals surface area contributed by atoms with Crippen LogP contribution in [-0.4, -0.2) is 27.4 Å². The monoisotopic (exact) mass is 418 g/mol. The normalized spacial score (nSPS) is 10.6. The molecule has 0 spiro atoms. The van der Waals surface area contributed by atoms with Crippen molar-refractivity contribution >= 4 is 34.9 Å². The lowest BCUT2D eigenvalue weighted by Gasteiger charge is -2.23. The average molecular weight is 419 g/mol. The molecule has 3 aromatic rings. The van der Waals surface area contributed by atoms with Gasteiger partial charge in [-0.25, -0.2) is 21.5 Å². The van der Waals surface area contributed by atoms with Crippen molar-refractivity contribution in [2.75, 3.05) is 12.1 Å². The standard InChI is InChI=1S/C18H19ClN6O2S/c1-11-4-3-5-15(25(21)18(26)24(2)20)14(11)10-27-17-22-16(23-28-17)12-6-8-13(19)9-7-12/h3-9H,10,20-21H2,1-2H3. The summed E-state index contributed by atoms with van der Waals surface area (Å²) in [6, 6.07) is 12.1. The predicted octanol–water partition coefficient (Wildman–Crippen LogP) is 3.35. The van der Waals surface area contributed by atoms with E-state index in [0.29, 0.717) is 21.7 Å². The number of hydrogen-bond donors (Lipinski definition) is 2. The van der Waals surface area contributed by atoms with Crippen LogP contribution in [0.1, 0.15) is 11.1 Å². The van der Waals surface area contributed by atoms with Crippen molar-refractivity contribution in [2.24, 2.45) is 11.7 Å². The zero-order chi connectivity index (χ0) is 20.3. The number of hydrogen-bond acceptors (Lipinski definition) is 7. The zero-order valence-electron chi connectivity index (χ0n) is 15.3. The molecular weight excluding hydrogens is 400 g/mol. The Balaban J connectivity index is 1.78. The number of rotatable bonds is 5. The van der Waals surface area contributed by atoms with Crippen LogP contribution in [0.15, 0.2) is 42.5 Å². The Kier molecular flexibility index (Phi) is 6.10. The van der Waals surface area contributed by atoms with Crippen LogP contribution in [0, 0.1) is 6.92 Å². The van der Waals surface area contributed by atoms with E-state index in [4.69, 9.17) is 28.0 Å². The Bertz CT molecular complexity index is 976. The molecule has 0 aliphatic heterocycles. The second-order valence-electron chi connectivity index (χ2n) is 6.02. The Morgan fingerprint density at radius 2 is 1.93 bits per heavy atom. The number of benzene rings is 2. The van der Waals surface area contributed by atoms with Crippen molar-refractivity contribution in [2.45, 2.75) is 13.5 Å². The van der Waals surface area contributed by atoms with Crippen molar-refractivity contribution in [3.05, 3.63) is 58.6 Å². The minimum absolute atomic E-state index is 0.173. The molecule has 0 radical (unpaired) electrons. The third-order valence-electron chi connectivity index (χ3n) is 4.00. The Labute approximate surface area is 171 Å². The molecule has 4 N–H and O–H groups in total. The van der Waals surface area contributed by atoms with Gasteiger partial charge in [0.25, 0.3) is 5.19 Å². The van der Waals surface area contributed by atoms with Crippen LogP contribution >= 0.6 is 23.1 Å². The van der Waals surface area contributed by atoms with Crippen molar-refractivity contribution < 1.29 is 9.53 Å². The van der Waals surface area contributed by atoms with Gasteiger partial charge in [0.2, 0.25) is 0 Å². The van der Waals surface area contributed by atoms with Gasteiger partial charge in [-0.05, 0) is 42.8 Å². The summed E-state index contributed by atoms with van der Waals surface area (Å²) in [6.07, 6.45) is 0. The van der Waals surface area contributed by atoms with Crippen LogP contribution in [0.3, 0.4) is 0 Å². The van der Waals surface area contributed by atoms with Crippen LogP contribution in [0.25, 0.3) is 11.4 Å². The second-order valence-corrected chi connectivity index (χ2v) is 7.17. The van der Waals surface area contributed by atoms with E-state index >= 15 is 0 Å². The highest BCUT2D eigenvalue weighted by Gasteiger charge is 2.19. The van der Waals surface area contributed by atoms with Crippen LogP contribution in [0.5, 0.6) is 5.19 Å². The lowest BCUT2D eigenvalue weighted by atomic mass is 10.1. The molecule has 0 unspecified atom stereocenters. The fourth-order valence-corrected chi connectivity index (χ4v) is 3.17. The second kappa shape index (κ2) is 8.53. The van der Waals surface area contributed by atoms with Crippen molar-refractivity contribution in [1.29, 1.82) is 0 Å². The number of carbonyl (C=O) groups is 1. The molecule has 0 atom stereocenters. The third-order valence-corrected chi connectivity index (χ3v) is 4.88. The summed E-state index contributed by atoms with van der Waals surface area (Å²) < 4.78 is 10.1. The van der Waals surface area contributed by atoms with Crippen LogP contribution in [-0.2, 0) is 6.61 Å². The number of amides is 2. The predicted molar refractivity (Wildman–Crippen MR) is 110 cm³/mol.